The van der Waals surface area contributed by atoms with E-state index in [9.17, 15) is 9.59 Å². The fourth-order valence-electron chi connectivity index (χ4n) is 2.43. The lowest BCUT2D eigenvalue weighted by Crippen LogP contribution is -2.30. The van der Waals surface area contributed by atoms with E-state index in [1.165, 1.54) is 0 Å². The molecule has 0 spiro atoms. The van der Waals surface area contributed by atoms with Gasteiger partial charge in [0.05, 0.1) is 5.92 Å². The van der Waals surface area contributed by atoms with Gasteiger partial charge in [-0.1, -0.05) is 13.8 Å². The second-order valence-electron chi connectivity index (χ2n) is 5.04. The Morgan fingerprint density at radius 3 is 2.79 bits per heavy atom. The van der Waals surface area contributed by atoms with Crippen molar-refractivity contribution in [2.75, 3.05) is 13.1 Å². The standard InChI is InChI=1S/C14H18N2O3/c1-3-10-4-5-15-12(6-10)13(17)16-7-9(2)11(8-16)14(18)19/h4-6,9,11H,3,7-8H2,1-2H3,(H,18,19)/t9-,11-/m1/s1. The maximum atomic E-state index is 12.3. The lowest BCUT2D eigenvalue weighted by molar-refractivity contribution is -0.142. The van der Waals surface area contributed by atoms with Crippen LogP contribution in [0.5, 0.6) is 0 Å². The predicted octanol–water partition coefficient (Wildman–Crippen LogP) is 1.44. The summed E-state index contributed by atoms with van der Waals surface area (Å²) in [5.74, 6) is -1.50. The third-order valence-electron chi connectivity index (χ3n) is 3.67. The minimum absolute atomic E-state index is 0.0178. The molecule has 1 N–H and O–H groups in total. The van der Waals surface area contributed by atoms with Crippen LogP contribution in [0.15, 0.2) is 18.3 Å². The molecule has 2 atom stereocenters. The summed E-state index contributed by atoms with van der Waals surface area (Å²) in [6, 6.07) is 3.66. The van der Waals surface area contributed by atoms with Crippen LogP contribution in [-0.4, -0.2) is 40.0 Å². The normalized spacial score (nSPS) is 22.5. The number of amides is 1. The quantitative estimate of drug-likeness (QED) is 0.894. The van der Waals surface area contributed by atoms with Crippen molar-refractivity contribution in [2.45, 2.75) is 20.3 Å². The van der Waals surface area contributed by atoms with E-state index in [1.807, 2.05) is 19.9 Å². The van der Waals surface area contributed by atoms with Gasteiger partial charge in [0.25, 0.3) is 5.91 Å². The van der Waals surface area contributed by atoms with E-state index in [0.29, 0.717) is 12.2 Å². The van der Waals surface area contributed by atoms with Crippen molar-refractivity contribution < 1.29 is 14.7 Å². The monoisotopic (exact) mass is 262 g/mol. The molecule has 1 saturated heterocycles. The van der Waals surface area contributed by atoms with Crippen LogP contribution < -0.4 is 0 Å². The van der Waals surface area contributed by atoms with E-state index in [0.717, 1.165) is 12.0 Å². The van der Waals surface area contributed by atoms with Crippen molar-refractivity contribution in [3.63, 3.8) is 0 Å². The van der Waals surface area contributed by atoms with Gasteiger partial charge < -0.3 is 10.0 Å². The number of hydrogen-bond donors (Lipinski definition) is 1. The number of rotatable bonds is 3. The Labute approximate surface area is 112 Å². The molecule has 0 radical (unpaired) electrons. The van der Waals surface area contributed by atoms with Crippen molar-refractivity contribution in [1.29, 1.82) is 0 Å². The SMILES string of the molecule is CCc1ccnc(C(=O)N2C[C@@H](C)[C@H](C(=O)O)C2)c1. The molecule has 0 aliphatic carbocycles. The van der Waals surface area contributed by atoms with E-state index in [2.05, 4.69) is 4.98 Å². The third kappa shape index (κ3) is 2.75. The number of likely N-dealkylation sites (tertiary alicyclic amines) is 1. The minimum atomic E-state index is -0.835. The molecule has 2 heterocycles. The van der Waals surface area contributed by atoms with Crippen LogP contribution >= 0.6 is 0 Å². The number of aliphatic carboxylic acids is 1. The van der Waals surface area contributed by atoms with Crippen LogP contribution in [0.25, 0.3) is 0 Å². The summed E-state index contributed by atoms with van der Waals surface area (Å²) in [4.78, 5) is 29.0. The molecule has 2 rings (SSSR count). The van der Waals surface area contributed by atoms with E-state index >= 15 is 0 Å². The maximum Gasteiger partial charge on any atom is 0.308 e. The van der Waals surface area contributed by atoms with Crippen LogP contribution in [0.2, 0.25) is 0 Å². The smallest absolute Gasteiger partial charge is 0.308 e. The molecule has 5 heteroatoms. The summed E-state index contributed by atoms with van der Waals surface area (Å²) in [6.45, 7) is 4.63. The molecule has 1 amide bonds. The first-order valence-electron chi connectivity index (χ1n) is 6.50. The van der Waals surface area contributed by atoms with Crippen molar-refractivity contribution in [3.05, 3.63) is 29.6 Å². The minimum Gasteiger partial charge on any atom is -0.481 e. The molecule has 102 valence electrons. The number of pyridine rings is 1. The molecule has 1 fully saturated rings. The van der Waals surface area contributed by atoms with Gasteiger partial charge in [0.1, 0.15) is 5.69 Å². The average Bonchev–Trinajstić information content (AvgIpc) is 2.80. The number of carbonyl (C=O) groups excluding carboxylic acids is 1. The second-order valence-corrected chi connectivity index (χ2v) is 5.04. The molecule has 0 unspecified atom stereocenters. The predicted molar refractivity (Wildman–Crippen MR) is 69.8 cm³/mol. The highest BCUT2D eigenvalue weighted by atomic mass is 16.4. The number of nitrogens with zero attached hydrogens (tertiary/aromatic N) is 2. The van der Waals surface area contributed by atoms with E-state index in [1.54, 1.807) is 17.2 Å². The van der Waals surface area contributed by atoms with Crippen molar-refractivity contribution in [2.24, 2.45) is 11.8 Å². The van der Waals surface area contributed by atoms with Gasteiger partial charge in [-0.25, -0.2) is 0 Å². The maximum absolute atomic E-state index is 12.3. The summed E-state index contributed by atoms with van der Waals surface area (Å²) >= 11 is 0. The first-order chi connectivity index (χ1) is 9.02. The van der Waals surface area contributed by atoms with Gasteiger partial charge in [-0.05, 0) is 30.0 Å². The molecule has 0 saturated carbocycles. The van der Waals surface area contributed by atoms with Gasteiger partial charge in [-0.3, -0.25) is 14.6 Å². The second kappa shape index (κ2) is 5.38. The van der Waals surface area contributed by atoms with Crippen molar-refractivity contribution >= 4 is 11.9 Å². The molecule has 0 aromatic carbocycles. The molecule has 1 aromatic heterocycles. The Bertz CT molecular complexity index is 501. The summed E-state index contributed by atoms with van der Waals surface area (Å²) in [7, 11) is 0. The fourth-order valence-corrected chi connectivity index (χ4v) is 2.43. The van der Waals surface area contributed by atoms with Crippen LogP contribution in [0.3, 0.4) is 0 Å². The summed E-state index contributed by atoms with van der Waals surface area (Å²) in [6.07, 6.45) is 2.47. The Hall–Kier alpha value is -1.91. The van der Waals surface area contributed by atoms with Crippen molar-refractivity contribution in [3.8, 4) is 0 Å². The number of aromatic nitrogens is 1. The van der Waals surface area contributed by atoms with Crippen LogP contribution in [0.1, 0.15) is 29.9 Å². The highest BCUT2D eigenvalue weighted by molar-refractivity contribution is 5.93. The lowest BCUT2D eigenvalue weighted by Gasteiger charge is -2.15. The van der Waals surface area contributed by atoms with Gasteiger partial charge in [-0.2, -0.15) is 0 Å². The Kier molecular flexibility index (Phi) is 3.83. The lowest BCUT2D eigenvalue weighted by atomic mass is 9.99. The number of hydrogen-bond acceptors (Lipinski definition) is 3. The summed E-state index contributed by atoms with van der Waals surface area (Å²) in [5, 5.41) is 9.08. The largest absolute Gasteiger partial charge is 0.481 e. The van der Waals surface area contributed by atoms with Crippen LogP contribution in [0, 0.1) is 11.8 Å². The third-order valence-corrected chi connectivity index (χ3v) is 3.67. The molecule has 1 aliphatic heterocycles. The topological polar surface area (TPSA) is 70.5 Å². The Balaban J connectivity index is 2.14. The molecular formula is C14H18N2O3. The Morgan fingerprint density at radius 2 is 2.21 bits per heavy atom. The highest BCUT2D eigenvalue weighted by Crippen LogP contribution is 2.24. The summed E-state index contributed by atoms with van der Waals surface area (Å²) < 4.78 is 0. The fraction of sp³-hybridized carbons (Fsp3) is 0.500. The number of carboxylic acid groups (broad SMARTS) is 1. The molecular weight excluding hydrogens is 244 g/mol. The van der Waals surface area contributed by atoms with Gasteiger partial charge in [0.15, 0.2) is 0 Å². The van der Waals surface area contributed by atoms with Gasteiger partial charge in [-0.15, -0.1) is 0 Å². The molecule has 5 nitrogen and oxygen atoms in total. The number of carbonyl (C=O) groups is 2. The average molecular weight is 262 g/mol. The Morgan fingerprint density at radius 1 is 1.47 bits per heavy atom. The van der Waals surface area contributed by atoms with Crippen molar-refractivity contribution in [1.82, 2.24) is 9.88 Å². The molecule has 19 heavy (non-hydrogen) atoms. The molecule has 1 aliphatic rings. The number of aryl methyl sites for hydroxylation is 1. The van der Waals surface area contributed by atoms with E-state index in [4.69, 9.17) is 5.11 Å². The molecule has 0 bridgehead atoms. The summed E-state index contributed by atoms with van der Waals surface area (Å²) in [5.41, 5.74) is 1.46. The van der Waals surface area contributed by atoms with Crippen LogP contribution in [-0.2, 0) is 11.2 Å². The van der Waals surface area contributed by atoms with E-state index < -0.39 is 11.9 Å². The first kappa shape index (κ1) is 13.5. The zero-order valence-corrected chi connectivity index (χ0v) is 11.2. The zero-order valence-electron chi connectivity index (χ0n) is 11.2. The zero-order chi connectivity index (χ0) is 14.0. The first-order valence-corrected chi connectivity index (χ1v) is 6.50. The van der Waals surface area contributed by atoms with Crippen LogP contribution in [0.4, 0.5) is 0 Å². The van der Waals surface area contributed by atoms with Gasteiger partial charge >= 0.3 is 5.97 Å². The molecule has 1 aromatic rings. The number of carboxylic acids is 1. The van der Waals surface area contributed by atoms with E-state index in [-0.39, 0.29) is 18.4 Å². The highest BCUT2D eigenvalue weighted by Gasteiger charge is 2.37. The van der Waals surface area contributed by atoms with Gasteiger partial charge in [0.2, 0.25) is 0 Å². The van der Waals surface area contributed by atoms with Gasteiger partial charge in [0, 0.05) is 19.3 Å².